The van der Waals surface area contributed by atoms with Crippen molar-refractivity contribution in [3.8, 4) is 0 Å². The lowest BCUT2D eigenvalue weighted by Gasteiger charge is -2.08. The zero-order chi connectivity index (χ0) is 15.9. The highest BCUT2D eigenvalue weighted by Crippen LogP contribution is 2.14. The molecule has 0 saturated carbocycles. The number of carbonyl (C=O) groups excluding carboxylic acids is 1. The van der Waals surface area contributed by atoms with Gasteiger partial charge >= 0.3 is 12.0 Å². The van der Waals surface area contributed by atoms with Gasteiger partial charge in [-0.2, -0.15) is 0 Å². The Morgan fingerprint density at radius 1 is 1.00 bits per heavy atom. The van der Waals surface area contributed by atoms with Crippen molar-refractivity contribution in [3.63, 3.8) is 0 Å². The van der Waals surface area contributed by atoms with Crippen LogP contribution in [0.2, 0.25) is 0 Å². The van der Waals surface area contributed by atoms with Crippen molar-refractivity contribution in [1.82, 2.24) is 0 Å². The summed E-state index contributed by atoms with van der Waals surface area (Å²) in [6.45, 7) is 1.95. The Bertz CT molecular complexity index is 723. The number of carboxylic acid groups (broad SMARTS) is 1. The number of carbonyl (C=O) groups is 2. The summed E-state index contributed by atoms with van der Waals surface area (Å²) in [5.74, 6) is -1.02. The normalized spacial score (nSPS) is 10.4. The van der Waals surface area contributed by atoms with E-state index in [-0.39, 0.29) is 6.03 Å². The van der Waals surface area contributed by atoms with Gasteiger partial charge < -0.3 is 15.7 Å². The standard InChI is InChI=1S/C17H16N2O3/c1-12-4-2-6-14(10-12)18-17(22)19-15-7-3-5-13(11-15)8-9-16(20)21/h2-11H,1H3,(H,20,21)(H2,18,19,22)/b9-8+. The molecule has 0 unspecified atom stereocenters. The predicted octanol–water partition coefficient (Wildman–Crippen LogP) is 3.74. The fourth-order valence-corrected chi connectivity index (χ4v) is 1.90. The maximum Gasteiger partial charge on any atom is 0.328 e. The Morgan fingerprint density at radius 2 is 1.64 bits per heavy atom. The van der Waals surface area contributed by atoms with Gasteiger partial charge in [0.2, 0.25) is 0 Å². The summed E-state index contributed by atoms with van der Waals surface area (Å²) >= 11 is 0. The van der Waals surface area contributed by atoms with Crippen molar-refractivity contribution in [2.75, 3.05) is 10.6 Å². The molecule has 0 aliphatic rings. The topological polar surface area (TPSA) is 78.4 Å². The van der Waals surface area contributed by atoms with Crippen LogP contribution in [0.25, 0.3) is 6.08 Å². The first kappa shape index (κ1) is 15.3. The number of hydrogen-bond donors (Lipinski definition) is 3. The van der Waals surface area contributed by atoms with E-state index >= 15 is 0 Å². The molecule has 0 saturated heterocycles. The van der Waals surface area contributed by atoms with Gasteiger partial charge in [-0.05, 0) is 48.4 Å². The van der Waals surface area contributed by atoms with Gasteiger partial charge in [-0.1, -0.05) is 24.3 Å². The Morgan fingerprint density at radius 3 is 2.27 bits per heavy atom. The third kappa shape index (κ3) is 4.79. The van der Waals surface area contributed by atoms with Crippen molar-refractivity contribution in [3.05, 3.63) is 65.7 Å². The molecule has 0 spiro atoms. The number of benzene rings is 2. The van der Waals surface area contributed by atoms with Crippen molar-refractivity contribution in [2.24, 2.45) is 0 Å². The maximum absolute atomic E-state index is 11.9. The first-order valence-electron chi connectivity index (χ1n) is 6.69. The van der Waals surface area contributed by atoms with E-state index in [1.165, 1.54) is 6.08 Å². The number of urea groups is 1. The number of aliphatic carboxylic acids is 1. The summed E-state index contributed by atoms with van der Waals surface area (Å²) in [7, 11) is 0. The Kier molecular flexibility index (Phi) is 4.93. The van der Waals surface area contributed by atoms with Crippen LogP contribution in [0.3, 0.4) is 0 Å². The summed E-state index contributed by atoms with van der Waals surface area (Å²) in [5, 5.41) is 14.1. The second-order valence-corrected chi connectivity index (χ2v) is 4.75. The fraction of sp³-hybridized carbons (Fsp3) is 0.0588. The van der Waals surface area contributed by atoms with Gasteiger partial charge in [-0.15, -0.1) is 0 Å². The van der Waals surface area contributed by atoms with Crippen LogP contribution in [-0.2, 0) is 4.79 Å². The van der Waals surface area contributed by atoms with E-state index in [4.69, 9.17) is 5.11 Å². The van der Waals surface area contributed by atoms with Gasteiger partial charge in [0.1, 0.15) is 0 Å². The van der Waals surface area contributed by atoms with Crippen LogP contribution >= 0.6 is 0 Å². The third-order valence-electron chi connectivity index (χ3n) is 2.84. The Balaban J connectivity index is 2.02. The minimum atomic E-state index is -1.02. The lowest BCUT2D eigenvalue weighted by atomic mass is 10.2. The molecular weight excluding hydrogens is 280 g/mol. The van der Waals surface area contributed by atoms with E-state index in [0.717, 1.165) is 11.6 Å². The molecular formula is C17H16N2O3. The number of aryl methyl sites for hydroxylation is 1. The van der Waals surface area contributed by atoms with Gasteiger partial charge in [0.05, 0.1) is 0 Å². The zero-order valence-electron chi connectivity index (χ0n) is 12.0. The summed E-state index contributed by atoms with van der Waals surface area (Å²) < 4.78 is 0. The zero-order valence-corrected chi connectivity index (χ0v) is 12.0. The minimum absolute atomic E-state index is 0.357. The molecule has 2 amide bonds. The van der Waals surface area contributed by atoms with E-state index in [2.05, 4.69) is 10.6 Å². The number of amides is 2. The van der Waals surface area contributed by atoms with Crippen molar-refractivity contribution in [1.29, 1.82) is 0 Å². The van der Waals surface area contributed by atoms with Crippen LogP contribution in [0.4, 0.5) is 16.2 Å². The van der Waals surface area contributed by atoms with Gasteiger partial charge in [0.15, 0.2) is 0 Å². The maximum atomic E-state index is 11.9. The van der Waals surface area contributed by atoms with Crippen LogP contribution in [0.1, 0.15) is 11.1 Å². The lowest BCUT2D eigenvalue weighted by Crippen LogP contribution is -2.19. The second kappa shape index (κ2) is 7.08. The Hall–Kier alpha value is -3.08. The highest BCUT2D eigenvalue weighted by atomic mass is 16.4. The van der Waals surface area contributed by atoms with Crippen LogP contribution in [-0.4, -0.2) is 17.1 Å². The molecule has 3 N–H and O–H groups in total. The molecule has 112 valence electrons. The largest absolute Gasteiger partial charge is 0.478 e. The molecule has 0 atom stereocenters. The molecule has 2 aromatic carbocycles. The average molecular weight is 296 g/mol. The Labute approximate surface area is 128 Å². The molecule has 0 radical (unpaired) electrons. The van der Waals surface area contributed by atoms with E-state index in [0.29, 0.717) is 16.9 Å². The van der Waals surface area contributed by atoms with Crippen molar-refractivity contribution < 1.29 is 14.7 Å². The molecule has 0 heterocycles. The first-order valence-corrected chi connectivity index (χ1v) is 6.69. The van der Waals surface area contributed by atoms with E-state index in [1.54, 1.807) is 30.3 Å². The number of hydrogen-bond acceptors (Lipinski definition) is 2. The van der Waals surface area contributed by atoms with Crippen molar-refractivity contribution in [2.45, 2.75) is 6.92 Å². The smallest absolute Gasteiger partial charge is 0.328 e. The molecule has 0 aliphatic heterocycles. The average Bonchev–Trinajstić information content (AvgIpc) is 2.45. The lowest BCUT2D eigenvalue weighted by molar-refractivity contribution is -0.131. The van der Waals surface area contributed by atoms with E-state index in [1.807, 2.05) is 25.1 Å². The first-order chi connectivity index (χ1) is 10.5. The SMILES string of the molecule is Cc1cccc(NC(=O)Nc2cccc(/C=C/C(=O)O)c2)c1. The molecule has 5 nitrogen and oxygen atoms in total. The van der Waals surface area contributed by atoms with Crippen LogP contribution in [0.5, 0.6) is 0 Å². The highest BCUT2D eigenvalue weighted by molar-refractivity contribution is 6.00. The van der Waals surface area contributed by atoms with Crippen LogP contribution < -0.4 is 10.6 Å². The molecule has 0 bridgehead atoms. The van der Waals surface area contributed by atoms with Crippen LogP contribution in [0, 0.1) is 6.92 Å². The number of anilines is 2. The second-order valence-electron chi connectivity index (χ2n) is 4.75. The quantitative estimate of drug-likeness (QED) is 0.752. The highest BCUT2D eigenvalue weighted by Gasteiger charge is 2.03. The number of rotatable bonds is 4. The molecule has 5 heteroatoms. The minimum Gasteiger partial charge on any atom is -0.478 e. The molecule has 0 aromatic heterocycles. The van der Waals surface area contributed by atoms with Crippen molar-refractivity contribution >= 4 is 29.5 Å². The fourth-order valence-electron chi connectivity index (χ4n) is 1.90. The molecule has 0 fully saturated rings. The summed E-state index contributed by atoms with van der Waals surface area (Å²) in [6, 6.07) is 14.0. The molecule has 0 aliphatic carbocycles. The van der Waals surface area contributed by atoms with E-state index in [9.17, 15) is 9.59 Å². The monoisotopic (exact) mass is 296 g/mol. The van der Waals surface area contributed by atoms with Gasteiger partial charge in [-0.3, -0.25) is 0 Å². The van der Waals surface area contributed by atoms with Gasteiger partial charge in [0.25, 0.3) is 0 Å². The molecule has 22 heavy (non-hydrogen) atoms. The number of nitrogens with one attached hydrogen (secondary N) is 2. The predicted molar refractivity (Wildman–Crippen MR) is 86.9 cm³/mol. The van der Waals surface area contributed by atoms with E-state index < -0.39 is 5.97 Å². The number of carboxylic acids is 1. The molecule has 2 aromatic rings. The van der Waals surface area contributed by atoms with Gasteiger partial charge in [-0.25, -0.2) is 9.59 Å². The van der Waals surface area contributed by atoms with Gasteiger partial charge in [0, 0.05) is 17.5 Å². The summed E-state index contributed by atoms with van der Waals surface area (Å²) in [5.41, 5.74) is 3.03. The molecule has 2 rings (SSSR count). The summed E-state index contributed by atoms with van der Waals surface area (Å²) in [4.78, 5) is 22.4. The third-order valence-corrected chi connectivity index (χ3v) is 2.84. The summed E-state index contributed by atoms with van der Waals surface area (Å²) in [6.07, 6.45) is 2.51. The van der Waals surface area contributed by atoms with Crippen LogP contribution in [0.15, 0.2) is 54.6 Å².